The molecular weight excluding hydrogens is 418 g/mol. The molecule has 0 saturated carbocycles. The number of oxazole rings is 1. The Bertz CT molecular complexity index is 1470. The lowest BCUT2D eigenvalue weighted by Gasteiger charge is -2.15. The van der Waals surface area contributed by atoms with Crippen molar-refractivity contribution in [1.82, 2.24) is 4.98 Å². The summed E-state index contributed by atoms with van der Waals surface area (Å²) in [5.74, 6) is 3.11. The molecule has 6 heteroatoms. The highest BCUT2D eigenvalue weighted by atomic mass is 16.5. The van der Waals surface area contributed by atoms with Gasteiger partial charge in [0.2, 0.25) is 11.6 Å². The minimum absolute atomic E-state index is 0.542. The minimum Gasteiger partial charge on any atom is -0.496 e. The number of hydrogen-bond acceptors (Lipinski definition) is 6. The van der Waals surface area contributed by atoms with Crippen molar-refractivity contribution < 1.29 is 23.4 Å². The predicted octanol–water partition coefficient (Wildman–Crippen LogP) is 6.35. The highest BCUT2D eigenvalue weighted by Gasteiger charge is 2.19. The number of aromatic nitrogens is 1. The fourth-order valence-corrected chi connectivity index (χ4v) is 4.17. The van der Waals surface area contributed by atoms with Crippen LogP contribution >= 0.6 is 0 Å². The summed E-state index contributed by atoms with van der Waals surface area (Å²) in [5, 5.41) is 2.03. The Morgan fingerprint density at radius 3 is 2.06 bits per heavy atom. The molecule has 0 N–H and O–H groups in total. The summed E-state index contributed by atoms with van der Waals surface area (Å²) in [6.07, 6.45) is 0. The topological polar surface area (TPSA) is 63.0 Å². The maximum atomic E-state index is 6.22. The van der Waals surface area contributed by atoms with Crippen molar-refractivity contribution >= 4 is 21.9 Å². The third kappa shape index (κ3) is 3.40. The second-order valence-corrected chi connectivity index (χ2v) is 7.44. The number of ether oxygens (including phenoxy) is 4. The molecule has 0 bridgehead atoms. The molecule has 0 spiro atoms. The summed E-state index contributed by atoms with van der Waals surface area (Å²) < 4.78 is 28.3. The van der Waals surface area contributed by atoms with Gasteiger partial charge in [-0.15, -0.1) is 0 Å². The van der Waals surface area contributed by atoms with Crippen LogP contribution in [0.15, 0.2) is 71.1 Å². The molecule has 0 fully saturated rings. The lowest BCUT2D eigenvalue weighted by Crippen LogP contribution is -1.96. The van der Waals surface area contributed by atoms with Crippen LogP contribution in [0.2, 0.25) is 0 Å². The molecule has 5 rings (SSSR count). The summed E-state index contributed by atoms with van der Waals surface area (Å²) in [6.45, 7) is 0. The molecule has 166 valence electrons. The van der Waals surface area contributed by atoms with Crippen molar-refractivity contribution in [2.24, 2.45) is 0 Å². The maximum Gasteiger partial charge on any atom is 0.227 e. The molecule has 1 heterocycles. The van der Waals surface area contributed by atoms with E-state index in [0.717, 1.165) is 38.7 Å². The molecule has 0 aliphatic heterocycles. The molecule has 0 aliphatic carbocycles. The number of nitrogens with zero attached hydrogens (tertiary/aromatic N) is 1. The highest BCUT2D eigenvalue weighted by Crippen LogP contribution is 2.45. The van der Waals surface area contributed by atoms with Crippen molar-refractivity contribution in [1.29, 1.82) is 0 Å². The molecular formula is C27H23NO5. The van der Waals surface area contributed by atoms with E-state index < -0.39 is 0 Å². The SMILES string of the molecule is COc1ccc(-c2ccc3nc(-c4ccc(OC)c5ccccc45)oc3c2)c(OC)c1OC. The number of hydrogen-bond donors (Lipinski definition) is 0. The normalized spacial score (nSPS) is 11.0. The largest absolute Gasteiger partial charge is 0.496 e. The van der Waals surface area contributed by atoms with Crippen LogP contribution in [-0.4, -0.2) is 33.4 Å². The van der Waals surface area contributed by atoms with Crippen LogP contribution < -0.4 is 18.9 Å². The van der Waals surface area contributed by atoms with E-state index in [4.69, 9.17) is 28.3 Å². The average Bonchev–Trinajstić information content (AvgIpc) is 3.30. The van der Waals surface area contributed by atoms with Crippen LogP contribution in [0.4, 0.5) is 0 Å². The van der Waals surface area contributed by atoms with Gasteiger partial charge >= 0.3 is 0 Å². The monoisotopic (exact) mass is 441 g/mol. The lowest BCUT2D eigenvalue weighted by molar-refractivity contribution is 0.325. The van der Waals surface area contributed by atoms with Gasteiger partial charge < -0.3 is 23.4 Å². The molecule has 0 radical (unpaired) electrons. The maximum absolute atomic E-state index is 6.22. The molecule has 1 aromatic heterocycles. The van der Waals surface area contributed by atoms with Gasteiger partial charge in [-0.3, -0.25) is 0 Å². The fraction of sp³-hybridized carbons (Fsp3) is 0.148. The molecule has 0 saturated heterocycles. The van der Waals surface area contributed by atoms with E-state index in [1.807, 2.05) is 66.7 Å². The van der Waals surface area contributed by atoms with Gasteiger partial charge in [0.1, 0.15) is 11.3 Å². The van der Waals surface area contributed by atoms with Crippen LogP contribution in [-0.2, 0) is 0 Å². The molecule has 5 aromatic rings. The van der Waals surface area contributed by atoms with Gasteiger partial charge in [-0.25, -0.2) is 4.98 Å². The average molecular weight is 441 g/mol. The first-order valence-electron chi connectivity index (χ1n) is 10.4. The third-order valence-electron chi connectivity index (χ3n) is 5.74. The zero-order valence-corrected chi connectivity index (χ0v) is 18.8. The molecule has 4 aromatic carbocycles. The summed E-state index contributed by atoms with van der Waals surface area (Å²) >= 11 is 0. The van der Waals surface area contributed by atoms with E-state index in [2.05, 4.69) is 0 Å². The van der Waals surface area contributed by atoms with Crippen LogP contribution in [0.3, 0.4) is 0 Å². The van der Waals surface area contributed by atoms with Gasteiger partial charge in [-0.05, 0) is 47.3 Å². The standard InChI is InChI=1S/C27H23NO5/c1-29-22-13-11-20(18-7-5-6-8-19(18)22)27-28-21-12-9-16(15-24(21)33-27)17-10-14-23(30-2)26(32-4)25(17)31-3/h5-15H,1-4H3. The Morgan fingerprint density at radius 2 is 1.33 bits per heavy atom. The Labute approximate surface area is 191 Å². The Balaban J connectivity index is 1.64. The van der Waals surface area contributed by atoms with Crippen molar-refractivity contribution in [3.05, 3.63) is 66.7 Å². The van der Waals surface area contributed by atoms with Gasteiger partial charge in [-0.2, -0.15) is 0 Å². The van der Waals surface area contributed by atoms with E-state index in [-0.39, 0.29) is 0 Å². The third-order valence-corrected chi connectivity index (χ3v) is 5.74. The smallest absolute Gasteiger partial charge is 0.227 e. The predicted molar refractivity (Wildman–Crippen MR) is 129 cm³/mol. The molecule has 33 heavy (non-hydrogen) atoms. The quantitative estimate of drug-likeness (QED) is 0.306. The van der Waals surface area contributed by atoms with E-state index in [9.17, 15) is 0 Å². The highest BCUT2D eigenvalue weighted by molar-refractivity contribution is 5.99. The van der Waals surface area contributed by atoms with E-state index in [1.165, 1.54) is 0 Å². The number of methoxy groups -OCH3 is 4. The molecule has 6 nitrogen and oxygen atoms in total. The first-order chi connectivity index (χ1) is 16.2. The van der Waals surface area contributed by atoms with Crippen molar-refractivity contribution in [3.8, 4) is 45.6 Å². The number of rotatable bonds is 6. The van der Waals surface area contributed by atoms with Crippen molar-refractivity contribution in [3.63, 3.8) is 0 Å². The fourth-order valence-electron chi connectivity index (χ4n) is 4.17. The van der Waals surface area contributed by atoms with Crippen LogP contribution in [0, 0.1) is 0 Å². The number of fused-ring (bicyclic) bond motifs is 2. The van der Waals surface area contributed by atoms with E-state index in [1.54, 1.807) is 28.4 Å². The van der Waals surface area contributed by atoms with Gasteiger partial charge in [-0.1, -0.05) is 30.3 Å². The molecule has 0 atom stereocenters. The van der Waals surface area contributed by atoms with Crippen molar-refractivity contribution in [2.75, 3.05) is 28.4 Å². The van der Waals surface area contributed by atoms with Crippen LogP contribution in [0.1, 0.15) is 0 Å². The van der Waals surface area contributed by atoms with E-state index >= 15 is 0 Å². The first-order valence-corrected chi connectivity index (χ1v) is 10.4. The van der Waals surface area contributed by atoms with Gasteiger partial charge in [0.05, 0.1) is 28.4 Å². The summed E-state index contributed by atoms with van der Waals surface area (Å²) in [5.41, 5.74) is 4.15. The Hall–Kier alpha value is -4.19. The van der Waals surface area contributed by atoms with E-state index in [0.29, 0.717) is 28.7 Å². The first kappa shape index (κ1) is 20.7. The Kier molecular flexibility index (Phi) is 5.26. The van der Waals surface area contributed by atoms with Crippen molar-refractivity contribution in [2.45, 2.75) is 0 Å². The summed E-state index contributed by atoms with van der Waals surface area (Å²) in [6, 6.07) is 21.7. The van der Waals surface area contributed by atoms with Gasteiger partial charge in [0.25, 0.3) is 0 Å². The second kappa shape index (κ2) is 8.39. The molecule has 0 amide bonds. The van der Waals surface area contributed by atoms with Crippen LogP contribution in [0.25, 0.3) is 44.5 Å². The zero-order chi connectivity index (χ0) is 22.9. The molecule has 0 aliphatic rings. The summed E-state index contributed by atoms with van der Waals surface area (Å²) in [7, 11) is 6.47. The summed E-state index contributed by atoms with van der Waals surface area (Å²) in [4.78, 5) is 4.74. The minimum atomic E-state index is 0.542. The zero-order valence-electron chi connectivity index (χ0n) is 18.8. The van der Waals surface area contributed by atoms with Gasteiger partial charge in [0, 0.05) is 16.5 Å². The number of benzene rings is 4. The molecule has 0 unspecified atom stereocenters. The lowest BCUT2D eigenvalue weighted by atomic mass is 10.0. The second-order valence-electron chi connectivity index (χ2n) is 7.44. The van der Waals surface area contributed by atoms with Gasteiger partial charge in [0.15, 0.2) is 17.1 Å². The van der Waals surface area contributed by atoms with Crippen LogP contribution in [0.5, 0.6) is 23.0 Å². The Morgan fingerprint density at radius 1 is 0.636 bits per heavy atom.